The molecule has 4 atom stereocenters. The van der Waals surface area contributed by atoms with Gasteiger partial charge in [-0.2, -0.15) is 4.31 Å². The van der Waals surface area contributed by atoms with Crippen molar-refractivity contribution in [2.45, 2.75) is 63.2 Å². The average molecular weight is 717 g/mol. The number of likely N-dealkylation sites (N-methyl/N-ethyl adjacent to an activating group) is 1. The summed E-state index contributed by atoms with van der Waals surface area (Å²) in [4.78, 5) is 29.4. The number of urea groups is 1. The Kier molecular flexibility index (Phi) is 12.7. The lowest BCUT2D eigenvalue weighted by Gasteiger charge is -2.35. The van der Waals surface area contributed by atoms with Crippen LogP contribution in [0.4, 0.5) is 16.2 Å². The van der Waals surface area contributed by atoms with Gasteiger partial charge in [-0.25, -0.2) is 13.2 Å². The number of carbonyl (C=O) groups is 2. The highest BCUT2D eigenvalue weighted by Gasteiger charge is 2.32. The van der Waals surface area contributed by atoms with Crippen molar-refractivity contribution < 1.29 is 32.6 Å². The van der Waals surface area contributed by atoms with Crippen LogP contribution in [0.5, 0.6) is 5.75 Å². The van der Waals surface area contributed by atoms with Crippen molar-refractivity contribution >= 4 is 44.1 Å². The van der Waals surface area contributed by atoms with Crippen molar-refractivity contribution in [1.29, 1.82) is 0 Å². The Balaban J connectivity index is 1.42. The molecule has 0 aromatic heterocycles. The molecule has 11 nitrogen and oxygen atoms in total. The van der Waals surface area contributed by atoms with Gasteiger partial charge in [-0.05, 0) is 74.9 Å². The lowest BCUT2D eigenvalue weighted by Crippen LogP contribution is -2.48. The minimum absolute atomic E-state index is 0.0733. The Morgan fingerprint density at radius 3 is 2.47 bits per heavy atom. The van der Waals surface area contributed by atoms with Crippen LogP contribution in [-0.2, 0) is 14.8 Å². The fourth-order valence-electron chi connectivity index (χ4n) is 6.21. The van der Waals surface area contributed by atoms with Crippen LogP contribution >= 0.6 is 0 Å². The lowest BCUT2D eigenvalue weighted by atomic mass is 10.0. The summed E-state index contributed by atoms with van der Waals surface area (Å²) in [5.41, 5.74) is 1.26. The van der Waals surface area contributed by atoms with Gasteiger partial charge in [0.15, 0.2) is 0 Å². The number of aliphatic hydroxyl groups excluding tert-OH is 1. The monoisotopic (exact) mass is 716 g/mol. The van der Waals surface area contributed by atoms with Crippen LogP contribution in [0.3, 0.4) is 0 Å². The van der Waals surface area contributed by atoms with E-state index in [0.717, 1.165) is 23.6 Å². The molecule has 0 spiro atoms. The number of amides is 3. The molecular weight excluding hydrogens is 669 g/mol. The fourth-order valence-corrected chi connectivity index (χ4v) is 7.41. The molecule has 4 aromatic carbocycles. The molecule has 0 bridgehead atoms. The third-order valence-corrected chi connectivity index (χ3v) is 11.1. The smallest absolute Gasteiger partial charge is 0.323 e. The van der Waals surface area contributed by atoms with E-state index in [-0.39, 0.29) is 42.2 Å². The van der Waals surface area contributed by atoms with E-state index >= 15 is 0 Å². The largest absolute Gasteiger partial charge is 0.490 e. The van der Waals surface area contributed by atoms with Gasteiger partial charge < -0.3 is 30.1 Å². The summed E-state index contributed by atoms with van der Waals surface area (Å²) in [5, 5.41) is 17.9. The summed E-state index contributed by atoms with van der Waals surface area (Å²) in [6.07, 6.45) is 1.46. The number of anilines is 2. The molecule has 0 unspecified atom stereocenters. The number of ether oxygens (including phenoxy) is 2. The van der Waals surface area contributed by atoms with E-state index < -0.39 is 34.1 Å². The minimum Gasteiger partial charge on any atom is -0.490 e. The highest BCUT2D eigenvalue weighted by Crippen LogP contribution is 2.29. The van der Waals surface area contributed by atoms with Gasteiger partial charge in [-0.3, -0.25) is 4.79 Å². The molecule has 12 heteroatoms. The molecule has 1 aliphatic heterocycles. The minimum atomic E-state index is -3.78. The number of fused-ring (bicyclic) bond motifs is 2. The molecule has 1 aliphatic rings. The second-order valence-electron chi connectivity index (χ2n) is 13.2. The van der Waals surface area contributed by atoms with E-state index in [1.165, 1.54) is 11.4 Å². The summed E-state index contributed by atoms with van der Waals surface area (Å²) in [5.74, 6) is -0.353. The second-order valence-corrected chi connectivity index (χ2v) is 15.3. The van der Waals surface area contributed by atoms with Crippen molar-refractivity contribution in [2.75, 3.05) is 44.0 Å². The number of hydrogen-bond acceptors (Lipinski definition) is 7. The number of benzene rings is 4. The van der Waals surface area contributed by atoms with Crippen molar-refractivity contribution in [1.82, 2.24) is 9.21 Å². The predicted molar refractivity (Wildman–Crippen MR) is 200 cm³/mol. The highest BCUT2D eigenvalue weighted by atomic mass is 32.2. The van der Waals surface area contributed by atoms with Gasteiger partial charge >= 0.3 is 6.03 Å². The first-order valence-corrected chi connectivity index (χ1v) is 18.8. The van der Waals surface area contributed by atoms with E-state index in [2.05, 4.69) is 10.6 Å². The van der Waals surface area contributed by atoms with Crippen LogP contribution in [0.15, 0.2) is 95.9 Å². The third kappa shape index (κ3) is 9.44. The molecule has 0 aliphatic carbocycles. The fraction of sp³-hybridized carbons (Fsp3) is 0.385. The number of rotatable bonds is 8. The van der Waals surface area contributed by atoms with Gasteiger partial charge in [0.1, 0.15) is 5.75 Å². The Bertz CT molecular complexity index is 1900. The van der Waals surface area contributed by atoms with Crippen LogP contribution in [-0.4, -0.2) is 86.3 Å². The summed E-state index contributed by atoms with van der Waals surface area (Å²) in [7, 11) is -2.25. The molecule has 0 fully saturated rings. The number of hydrogen-bond donors (Lipinski definition) is 3. The molecule has 272 valence electrons. The van der Waals surface area contributed by atoms with Gasteiger partial charge in [0.25, 0.3) is 5.91 Å². The van der Waals surface area contributed by atoms with Gasteiger partial charge in [0, 0.05) is 43.7 Å². The molecule has 4 aromatic rings. The van der Waals surface area contributed by atoms with E-state index in [0.29, 0.717) is 30.2 Å². The molecule has 0 radical (unpaired) electrons. The van der Waals surface area contributed by atoms with E-state index in [1.807, 2.05) is 56.3 Å². The predicted octanol–water partition coefficient (Wildman–Crippen LogP) is 6.60. The Hall–Kier alpha value is -4.49. The van der Waals surface area contributed by atoms with Crippen molar-refractivity contribution in [3.05, 3.63) is 96.6 Å². The summed E-state index contributed by atoms with van der Waals surface area (Å²) in [6.45, 7) is 5.95. The van der Waals surface area contributed by atoms with Crippen LogP contribution in [0, 0.1) is 5.92 Å². The van der Waals surface area contributed by atoms with Crippen molar-refractivity contribution in [3.8, 4) is 5.75 Å². The zero-order valence-electron chi connectivity index (χ0n) is 29.6. The molecule has 0 saturated carbocycles. The second kappa shape index (κ2) is 17.1. The maximum absolute atomic E-state index is 14.5. The zero-order valence-corrected chi connectivity index (χ0v) is 30.4. The van der Waals surface area contributed by atoms with Crippen molar-refractivity contribution in [3.63, 3.8) is 0 Å². The Morgan fingerprint density at radius 1 is 0.980 bits per heavy atom. The Labute approximate surface area is 300 Å². The zero-order chi connectivity index (χ0) is 36.5. The standard InChI is InChI=1S/C39H48N4O7S/c1-27-24-43(28(2)26-44)38(45)34-23-31(40-39(46)41-35-19-12-15-30-14-8-9-18-33(30)35)20-21-36(34)50-29(3)13-10-11-22-49-37(27)25-42(4)51(47,48)32-16-6-5-7-17-32/h5-9,12,14-21,23,27-29,37,44H,10-11,13,22,24-26H2,1-4H3,(H2,40,41,46)/t27-,28-,29-,37+/m0/s1. The summed E-state index contributed by atoms with van der Waals surface area (Å²) < 4.78 is 40.8. The summed E-state index contributed by atoms with van der Waals surface area (Å²) >= 11 is 0. The number of aliphatic hydroxyl groups is 1. The molecule has 3 amide bonds. The van der Waals surface area contributed by atoms with E-state index in [4.69, 9.17) is 9.47 Å². The molecular formula is C39H48N4O7S. The number of nitrogens with zero attached hydrogens (tertiary/aromatic N) is 2. The lowest BCUT2D eigenvalue weighted by molar-refractivity contribution is -0.00833. The molecule has 3 N–H and O–H groups in total. The van der Waals surface area contributed by atoms with Gasteiger partial charge in [-0.15, -0.1) is 0 Å². The van der Waals surface area contributed by atoms with E-state index in [1.54, 1.807) is 60.4 Å². The molecule has 5 rings (SSSR count). The topological polar surface area (TPSA) is 138 Å². The van der Waals surface area contributed by atoms with Crippen LogP contribution < -0.4 is 15.4 Å². The highest BCUT2D eigenvalue weighted by molar-refractivity contribution is 7.89. The molecule has 0 saturated heterocycles. The first-order chi connectivity index (χ1) is 24.5. The first-order valence-electron chi connectivity index (χ1n) is 17.4. The number of nitrogens with one attached hydrogen (secondary N) is 2. The third-order valence-electron chi connectivity index (χ3n) is 9.24. The SMILES string of the molecule is C[C@H]1CCCCO[C@H](CN(C)S(=O)(=O)c2ccccc2)[C@@H](C)CN([C@@H](C)CO)C(=O)c2cc(NC(=O)Nc3cccc4ccccc34)ccc2O1. The number of carbonyl (C=O) groups excluding carboxylic acids is 2. The van der Waals surface area contributed by atoms with Gasteiger partial charge in [-0.1, -0.05) is 61.5 Å². The average Bonchev–Trinajstić information content (AvgIpc) is 3.13. The van der Waals surface area contributed by atoms with Crippen LogP contribution in [0.2, 0.25) is 0 Å². The number of sulfonamides is 1. The van der Waals surface area contributed by atoms with Gasteiger partial charge in [0.2, 0.25) is 10.0 Å². The molecule has 1 heterocycles. The Morgan fingerprint density at radius 2 is 1.71 bits per heavy atom. The van der Waals surface area contributed by atoms with E-state index in [9.17, 15) is 23.1 Å². The van der Waals surface area contributed by atoms with Gasteiger partial charge in [0.05, 0.1) is 41.0 Å². The maximum atomic E-state index is 14.5. The van der Waals surface area contributed by atoms with Crippen molar-refractivity contribution in [2.24, 2.45) is 5.92 Å². The summed E-state index contributed by atoms with van der Waals surface area (Å²) in [6, 6.07) is 25.6. The van der Waals surface area contributed by atoms with Crippen LogP contribution in [0.1, 0.15) is 50.4 Å². The first kappa shape index (κ1) is 37.8. The van der Waals surface area contributed by atoms with Crippen LogP contribution in [0.25, 0.3) is 10.8 Å². The normalized spacial score (nSPS) is 19.8. The maximum Gasteiger partial charge on any atom is 0.323 e. The molecule has 51 heavy (non-hydrogen) atoms. The quantitative estimate of drug-likeness (QED) is 0.187.